The summed E-state index contributed by atoms with van der Waals surface area (Å²) in [5, 5.41) is 9.26. The Labute approximate surface area is 242 Å². The molecule has 2 aliphatic rings. The summed E-state index contributed by atoms with van der Waals surface area (Å²) in [4.78, 5) is 38.4. The number of alkyl halides is 3. The number of anilines is 1. The number of carbonyl (C=O) groups excluding carboxylic acids is 1. The van der Waals surface area contributed by atoms with Crippen molar-refractivity contribution in [2.24, 2.45) is 5.92 Å². The third-order valence-corrected chi connectivity index (χ3v) is 7.95. The number of rotatable bonds is 8. The molecule has 1 amide bonds. The molecule has 3 aromatic rings. The van der Waals surface area contributed by atoms with E-state index in [1.807, 2.05) is 23.1 Å². The minimum Gasteiger partial charge on any atom is -0.481 e. The van der Waals surface area contributed by atoms with E-state index in [1.165, 1.54) is 12.2 Å². The first-order valence-electron chi connectivity index (χ1n) is 14.2. The van der Waals surface area contributed by atoms with Gasteiger partial charge in [-0.15, -0.1) is 0 Å². The lowest BCUT2D eigenvalue weighted by molar-refractivity contribution is -0.141. The van der Waals surface area contributed by atoms with Gasteiger partial charge in [-0.05, 0) is 56.0 Å². The summed E-state index contributed by atoms with van der Waals surface area (Å²) >= 11 is 0. The number of carboxylic acids is 1. The van der Waals surface area contributed by atoms with E-state index in [-0.39, 0.29) is 18.2 Å². The zero-order valence-corrected chi connectivity index (χ0v) is 23.3. The van der Waals surface area contributed by atoms with E-state index in [4.69, 9.17) is 9.97 Å². The van der Waals surface area contributed by atoms with Gasteiger partial charge in [-0.2, -0.15) is 13.2 Å². The van der Waals surface area contributed by atoms with Crippen molar-refractivity contribution < 1.29 is 27.9 Å². The van der Waals surface area contributed by atoms with Crippen LogP contribution in [0.5, 0.6) is 0 Å². The van der Waals surface area contributed by atoms with Gasteiger partial charge in [-0.3, -0.25) is 9.59 Å². The molecule has 10 heteroatoms. The maximum absolute atomic E-state index is 13.4. The van der Waals surface area contributed by atoms with Gasteiger partial charge in [0.2, 0.25) is 0 Å². The van der Waals surface area contributed by atoms with Crippen LogP contribution in [0.2, 0.25) is 0 Å². The van der Waals surface area contributed by atoms with Crippen molar-refractivity contribution in [1.82, 2.24) is 14.9 Å². The molecule has 0 radical (unpaired) electrons. The standard InChI is InChI=1S/C32H33F3N4O3/c1-21(31(41)42)6-5-9-27-29(22-10-13-24(14-11-22)32(33,34)35)37-26-15-12-23(20-28(26)36-27)30(40)39-18-16-38(17-19-39)25-7-3-2-4-8-25/h2-4,7-8,10,12-15,20-22H,5-6,9,11,16-19H2,1H3,(H,41,42). The largest absolute Gasteiger partial charge is 0.481 e. The van der Waals surface area contributed by atoms with E-state index in [0.29, 0.717) is 60.3 Å². The first kappa shape index (κ1) is 29.3. The number of carboxylic acid groups (broad SMARTS) is 1. The zero-order valence-electron chi connectivity index (χ0n) is 23.3. The van der Waals surface area contributed by atoms with E-state index >= 15 is 0 Å². The highest BCUT2D eigenvalue weighted by atomic mass is 19.4. The Morgan fingerprint density at radius 2 is 1.76 bits per heavy atom. The highest BCUT2D eigenvalue weighted by molar-refractivity contribution is 5.97. The Hall–Kier alpha value is -4.21. The number of hydrogen-bond donors (Lipinski definition) is 1. The Morgan fingerprint density at radius 3 is 2.40 bits per heavy atom. The molecule has 1 aromatic heterocycles. The van der Waals surface area contributed by atoms with Crippen molar-refractivity contribution in [3.05, 3.63) is 89.3 Å². The number of benzene rings is 2. The number of hydrogen-bond acceptors (Lipinski definition) is 5. The zero-order chi connectivity index (χ0) is 29.9. The Kier molecular flexibility index (Phi) is 8.61. The van der Waals surface area contributed by atoms with E-state index < -0.39 is 23.6 Å². The molecule has 1 N–H and O–H groups in total. The molecule has 0 saturated carbocycles. The Morgan fingerprint density at radius 1 is 1.02 bits per heavy atom. The van der Waals surface area contributed by atoms with Crippen LogP contribution in [0.25, 0.3) is 11.0 Å². The summed E-state index contributed by atoms with van der Waals surface area (Å²) in [6.45, 7) is 4.27. The predicted octanol–water partition coefficient (Wildman–Crippen LogP) is 6.17. The molecule has 1 aliphatic carbocycles. The summed E-state index contributed by atoms with van der Waals surface area (Å²) in [5.74, 6) is -1.89. The van der Waals surface area contributed by atoms with Gasteiger partial charge in [0.1, 0.15) is 0 Å². The molecule has 1 fully saturated rings. The monoisotopic (exact) mass is 578 g/mol. The minimum absolute atomic E-state index is 0.0904. The number of aliphatic carboxylic acids is 1. The molecule has 0 bridgehead atoms. The van der Waals surface area contributed by atoms with Crippen molar-refractivity contribution >= 4 is 28.6 Å². The molecule has 2 atom stereocenters. The SMILES string of the molecule is CC(CCCc1nc2cc(C(=O)N3CCN(c4ccccc4)CC3)ccc2nc1C1C=CC(C(F)(F)F)=CC1)C(=O)O. The summed E-state index contributed by atoms with van der Waals surface area (Å²) in [6, 6.07) is 15.3. The second-order valence-corrected chi connectivity index (χ2v) is 10.9. The van der Waals surface area contributed by atoms with Crippen LogP contribution < -0.4 is 4.90 Å². The number of carbonyl (C=O) groups is 2. The van der Waals surface area contributed by atoms with Crippen molar-refractivity contribution in [1.29, 1.82) is 0 Å². The molecule has 2 aromatic carbocycles. The van der Waals surface area contributed by atoms with Crippen molar-refractivity contribution in [2.75, 3.05) is 31.1 Å². The quantitative estimate of drug-likeness (QED) is 0.344. The average molecular weight is 579 g/mol. The van der Waals surface area contributed by atoms with E-state index in [0.717, 1.165) is 24.9 Å². The van der Waals surface area contributed by atoms with Gasteiger partial charge >= 0.3 is 12.1 Å². The molecular formula is C32H33F3N4O3. The highest BCUT2D eigenvalue weighted by Crippen LogP contribution is 2.35. The lowest BCUT2D eigenvalue weighted by Crippen LogP contribution is -2.48. The van der Waals surface area contributed by atoms with Crippen LogP contribution in [0, 0.1) is 5.92 Å². The van der Waals surface area contributed by atoms with Crippen LogP contribution in [-0.2, 0) is 11.2 Å². The predicted molar refractivity (Wildman–Crippen MR) is 154 cm³/mol. The number of piperazine rings is 1. The molecule has 7 nitrogen and oxygen atoms in total. The average Bonchev–Trinajstić information content (AvgIpc) is 3.00. The van der Waals surface area contributed by atoms with Crippen molar-refractivity contribution in [3.8, 4) is 0 Å². The van der Waals surface area contributed by atoms with Gasteiger partial charge in [-0.1, -0.05) is 43.4 Å². The molecule has 2 unspecified atom stereocenters. The molecule has 42 heavy (non-hydrogen) atoms. The highest BCUT2D eigenvalue weighted by Gasteiger charge is 2.34. The molecule has 0 spiro atoms. The molecule has 1 aliphatic heterocycles. The van der Waals surface area contributed by atoms with E-state index in [9.17, 15) is 27.9 Å². The lowest BCUT2D eigenvalue weighted by atomic mass is 9.90. The smallest absolute Gasteiger partial charge is 0.416 e. The van der Waals surface area contributed by atoms with Crippen LogP contribution in [0.15, 0.2) is 72.3 Å². The van der Waals surface area contributed by atoms with Crippen molar-refractivity contribution in [2.45, 2.75) is 44.7 Å². The van der Waals surface area contributed by atoms with Gasteiger partial charge in [0, 0.05) is 43.3 Å². The topological polar surface area (TPSA) is 86.6 Å². The van der Waals surface area contributed by atoms with Crippen LogP contribution in [0.4, 0.5) is 18.9 Å². The number of fused-ring (bicyclic) bond motifs is 1. The first-order valence-corrected chi connectivity index (χ1v) is 14.2. The maximum atomic E-state index is 13.4. The Bertz CT molecular complexity index is 1510. The second-order valence-electron chi connectivity index (χ2n) is 10.9. The third kappa shape index (κ3) is 6.64. The first-order chi connectivity index (χ1) is 20.1. The van der Waals surface area contributed by atoms with Crippen LogP contribution in [0.3, 0.4) is 0 Å². The van der Waals surface area contributed by atoms with Gasteiger partial charge in [0.15, 0.2) is 0 Å². The fourth-order valence-electron chi connectivity index (χ4n) is 5.44. The summed E-state index contributed by atoms with van der Waals surface area (Å²) in [7, 11) is 0. The van der Waals surface area contributed by atoms with Gasteiger partial charge in [0.05, 0.1) is 33.9 Å². The van der Waals surface area contributed by atoms with Gasteiger partial charge in [-0.25, -0.2) is 9.97 Å². The van der Waals surface area contributed by atoms with E-state index in [2.05, 4.69) is 17.0 Å². The second kappa shape index (κ2) is 12.3. The maximum Gasteiger partial charge on any atom is 0.416 e. The molecule has 1 saturated heterocycles. The summed E-state index contributed by atoms with van der Waals surface area (Å²) in [5.41, 5.74) is 3.22. The number of aromatic nitrogens is 2. The minimum atomic E-state index is -4.41. The number of allylic oxidation sites excluding steroid dienone is 4. The fraction of sp³-hybridized carbons (Fsp3) is 0.375. The molecule has 220 valence electrons. The van der Waals surface area contributed by atoms with Gasteiger partial charge < -0.3 is 14.9 Å². The van der Waals surface area contributed by atoms with Crippen LogP contribution in [-0.4, -0.2) is 64.2 Å². The fourth-order valence-corrected chi connectivity index (χ4v) is 5.44. The van der Waals surface area contributed by atoms with Crippen LogP contribution >= 0.6 is 0 Å². The lowest BCUT2D eigenvalue weighted by Gasteiger charge is -2.36. The number of aryl methyl sites for hydroxylation is 1. The summed E-state index contributed by atoms with van der Waals surface area (Å²) < 4.78 is 39.5. The normalized spacial score (nSPS) is 18.2. The van der Waals surface area contributed by atoms with Gasteiger partial charge in [0.25, 0.3) is 5.91 Å². The third-order valence-electron chi connectivity index (χ3n) is 7.95. The van der Waals surface area contributed by atoms with E-state index in [1.54, 1.807) is 25.1 Å². The number of amides is 1. The number of para-hydroxylation sites is 1. The summed E-state index contributed by atoms with van der Waals surface area (Å²) in [6.07, 6.45) is 0.872. The number of nitrogens with zero attached hydrogens (tertiary/aromatic N) is 4. The molecule has 5 rings (SSSR count). The molecule has 2 heterocycles. The number of halogens is 3. The molecular weight excluding hydrogens is 545 g/mol. The van der Waals surface area contributed by atoms with Crippen LogP contribution in [0.1, 0.15) is 53.8 Å². The Balaban J connectivity index is 1.37. The van der Waals surface area contributed by atoms with Crippen molar-refractivity contribution in [3.63, 3.8) is 0 Å².